The van der Waals surface area contributed by atoms with Gasteiger partial charge in [0.15, 0.2) is 0 Å². The summed E-state index contributed by atoms with van der Waals surface area (Å²) < 4.78 is 5.17. The zero-order chi connectivity index (χ0) is 9.84. The van der Waals surface area contributed by atoms with Gasteiger partial charge in [0.25, 0.3) is 0 Å². The van der Waals surface area contributed by atoms with Gasteiger partial charge in [0.1, 0.15) is 5.38 Å². The van der Waals surface area contributed by atoms with E-state index in [9.17, 15) is 4.79 Å². The zero-order valence-electron chi connectivity index (χ0n) is 8.12. The molecule has 0 N–H and O–H groups in total. The second-order valence-electron chi connectivity index (χ2n) is 3.31. The highest BCUT2D eigenvalue weighted by molar-refractivity contribution is 6.30. The molecule has 76 valence electrons. The molecular weight excluding hydrogens is 190 g/mol. The molecule has 1 amide bonds. The van der Waals surface area contributed by atoms with E-state index < -0.39 is 0 Å². The van der Waals surface area contributed by atoms with Crippen molar-refractivity contribution in [1.29, 1.82) is 0 Å². The van der Waals surface area contributed by atoms with Gasteiger partial charge in [-0.15, -0.1) is 11.6 Å². The van der Waals surface area contributed by atoms with Crippen molar-refractivity contribution in [3.63, 3.8) is 0 Å². The molecule has 0 aliphatic carbocycles. The fourth-order valence-electron chi connectivity index (χ4n) is 1.49. The summed E-state index contributed by atoms with van der Waals surface area (Å²) in [5.74, 6) is 0.0451. The fraction of sp³-hybridized carbons (Fsp3) is 0.889. The maximum atomic E-state index is 11.6. The van der Waals surface area contributed by atoms with E-state index in [0.29, 0.717) is 13.0 Å². The number of methoxy groups -OCH3 is 1. The van der Waals surface area contributed by atoms with Gasteiger partial charge in [-0.25, -0.2) is 0 Å². The van der Waals surface area contributed by atoms with Crippen LogP contribution in [0.1, 0.15) is 19.8 Å². The minimum absolute atomic E-state index is 0.0451. The van der Waals surface area contributed by atoms with Crippen LogP contribution in [0.3, 0.4) is 0 Å². The normalized spacial score (nSPS) is 24.8. The summed E-state index contributed by atoms with van der Waals surface area (Å²) in [7, 11) is 1.68. The molecule has 0 aromatic rings. The highest BCUT2D eigenvalue weighted by Gasteiger charge is 2.28. The lowest BCUT2D eigenvalue weighted by atomic mass is 10.3. The van der Waals surface area contributed by atoms with Gasteiger partial charge in [0.2, 0.25) is 5.91 Å². The molecule has 1 aliphatic heterocycles. The van der Waals surface area contributed by atoms with E-state index >= 15 is 0 Å². The van der Waals surface area contributed by atoms with Gasteiger partial charge >= 0.3 is 0 Å². The third kappa shape index (κ3) is 2.58. The van der Waals surface area contributed by atoms with Crippen LogP contribution in [0.15, 0.2) is 0 Å². The van der Waals surface area contributed by atoms with Crippen molar-refractivity contribution in [2.24, 2.45) is 0 Å². The first-order chi connectivity index (χ1) is 6.19. The number of halogens is 1. The van der Waals surface area contributed by atoms with E-state index in [0.717, 1.165) is 13.0 Å². The molecule has 0 aromatic heterocycles. The number of rotatable bonds is 3. The van der Waals surface area contributed by atoms with Crippen molar-refractivity contribution in [2.45, 2.75) is 31.2 Å². The molecule has 0 saturated carbocycles. The zero-order valence-corrected chi connectivity index (χ0v) is 8.88. The predicted molar refractivity (Wildman–Crippen MR) is 51.9 cm³/mol. The number of nitrogens with zero attached hydrogens (tertiary/aromatic N) is 1. The molecule has 0 radical (unpaired) electrons. The largest absolute Gasteiger partial charge is 0.380 e. The molecule has 3 nitrogen and oxygen atoms in total. The van der Waals surface area contributed by atoms with Gasteiger partial charge in [0, 0.05) is 20.2 Å². The minimum Gasteiger partial charge on any atom is -0.380 e. The first kappa shape index (κ1) is 10.8. The fourth-order valence-corrected chi connectivity index (χ4v) is 1.63. The first-order valence-electron chi connectivity index (χ1n) is 4.64. The Morgan fingerprint density at radius 2 is 2.46 bits per heavy atom. The van der Waals surface area contributed by atoms with Crippen LogP contribution >= 0.6 is 11.6 Å². The molecule has 0 aromatic carbocycles. The number of carbonyl (C=O) groups is 1. The standard InChI is InChI=1S/C9H16ClNO2/c1-3-8(10)9(12)11-5-4-7(6-11)13-2/h7-8H,3-6H2,1-2H3/t7-,8+/m0/s1. The molecule has 0 bridgehead atoms. The molecular formula is C9H16ClNO2. The Kier molecular flexibility index (Phi) is 4.00. The molecule has 1 saturated heterocycles. The average molecular weight is 206 g/mol. The molecule has 0 unspecified atom stereocenters. The Balaban J connectivity index is 2.41. The summed E-state index contributed by atoms with van der Waals surface area (Å²) in [5, 5.41) is -0.365. The molecule has 1 fully saturated rings. The second-order valence-corrected chi connectivity index (χ2v) is 3.83. The lowest BCUT2D eigenvalue weighted by Gasteiger charge is -2.18. The third-order valence-corrected chi connectivity index (χ3v) is 2.91. The summed E-state index contributed by atoms with van der Waals surface area (Å²) in [6, 6.07) is 0. The molecule has 4 heteroatoms. The van der Waals surface area contributed by atoms with Gasteiger partial charge in [-0.1, -0.05) is 6.92 Å². The maximum Gasteiger partial charge on any atom is 0.240 e. The highest BCUT2D eigenvalue weighted by atomic mass is 35.5. The van der Waals surface area contributed by atoms with E-state index in [2.05, 4.69) is 0 Å². The summed E-state index contributed by atoms with van der Waals surface area (Å²) in [5.41, 5.74) is 0. The highest BCUT2D eigenvalue weighted by Crippen LogP contribution is 2.15. The van der Waals surface area contributed by atoms with Crippen LogP contribution in [0.4, 0.5) is 0 Å². The molecule has 1 heterocycles. The first-order valence-corrected chi connectivity index (χ1v) is 5.08. The topological polar surface area (TPSA) is 29.5 Å². The van der Waals surface area contributed by atoms with Gasteiger partial charge < -0.3 is 9.64 Å². The summed E-state index contributed by atoms with van der Waals surface area (Å²) >= 11 is 5.85. The molecule has 13 heavy (non-hydrogen) atoms. The quantitative estimate of drug-likeness (QED) is 0.650. The SMILES string of the molecule is CC[C@@H](Cl)C(=O)N1CC[C@H](OC)C1. The van der Waals surface area contributed by atoms with Crippen LogP contribution in [0.25, 0.3) is 0 Å². The van der Waals surface area contributed by atoms with Crippen LogP contribution in [-0.2, 0) is 9.53 Å². The molecule has 1 aliphatic rings. The van der Waals surface area contributed by atoms with Crippen molar-refractivity contribution < 1.29 is 9.53 Å². The van der Waals surface area contributed by atoms with E-state index in [1.54, 1.807) is 12.0 Å². The number of hydrogen-bond acceptors (Lipinski definition) is 2. The smallest absolute Gasteiger partial charge is 0.240 e. The molecule has 2 atom stereocenters. The number of amides is 1. The van der Waals surface area contributed by atoms with Crippen molar-refractivity contribution >= 4 is 17.5 Å². The van der Waals surface area contributed by atoms with Crippen LogP contribution in [-0.4, -0.2) is 42.5 Å². The van der Waals surface area contributed by atoms with Crippen LogP contribution in [0.5, 0.6) is 0 Å². The van der Waals surface area contributed by atoms with Crippen LogP contribution in [0, 0.1) is 0 Å². The van der Waals surface area contributed by atoms with Gasteiger partial charge in [-0.3, -0.25) is 4.79 Å². The van der Waals surface area contributed by atoms with Gasteiger partial charge in [0.05, 0.1) is 6.10 Å². The average Bonchev–Trinajstić information content (AvgIpc) is 2.63. The number of ether oxygens (including phenoxy) is 1. The van der Waals surface area contributed by atoms with Crippen molar-refractivity contribution in [3.05, 3.63) is 0 Å². The van der Waals surface area contributed by atoms with Crippen LogP contribution < -0.4 is 0 Å². The monoisotopic (exact) mass is 205 g/mol. The lowest BCUT2D eigenvalue weighted by Crippen LogP contribution is -2.35. The Hall–Kier alpha value is -0.280. The number of likely N-dealkylation sites (tertiary alicyclic amines) is 1. The Labute approximate surface area is 84.0 Å². The summed E-state index contributed by atoms with van der Waals surface area (Å²) in [6.07, 6.45) is 1.81. The van der Waals surface area contributed by atoms with E-state index in [1.807, 2.05) is 6.92 Å². The van der Waals surface area contributed by atoms with Crippen molar-refractivity contribution in [2.75, 3.05) is 20.2 Å². The van der Waals surface area contributed by atoms with E-state index in [-0.39, 0.29) is 17.4 Å². The minimum atomic E-state index is -0.365. The summed E-state index contributed by atoms with van der Waals surface area (Å²) in [6.45, 7) is 3.39. The Morgan fingerprint density at radius 3 is 2.92 bits per heavy atom. The number of carbonyl (C=O) groups excluding carboxylic acids is 1. The second kappa shape index (κ2) is 4.82. The third-order valence-electron chi connectivity index (χ3n) is 2.42. The lowest BCUT2D eigenvalue weighted by molar-refractivity contribution is -0.130. The van der Waals surface area contributed by atoms with Gasteiger partial charge in [-0.05, 0) is 12.8 Å². The summed E-state index contributed by atoms with van der Waals surface area (Å²) in [4.78, 5) is 13.4. The van der Waals surface area contributed by atoms with E-state index in [1.165, 1.54) is 0 Å². The number of alkyl halides is 1. The van der Waals surface area contributed by atoms with Gasteiger partial charge in [-0.2, -0.15) is 0 Å². The predicted octanol–water partition coefficient (Wildman–Crippen LogP) is 1.25. The van der Waals surface area contributed by atoms with Crippen LogP contribution in [0.2, 0.25) is 0 Å². The number of hydrogen-bond donors (Lipinski definition) is 0. The Bertz CT molecular complexity index is 186. The maximum absolute atomic E-state index is 11.6. The Morgan fingerprint density at radius 1 is 1.77 bits per heavy atom. The molecule has 1 rings (SSSR count). The van der Waals surface area contributed by atoms with Crippen molar-refractivity contribution in [3.8, 4) is 0 Å². The molecule has 0 spiro atoms. The van der Waals surface area contributed by atoms with E-state index in [4.69, 9.17) is 16.3 Å². The van der Waals surface area contributed by atoms with Crippen molar-refractivity contribution in [1.82, 2.24) is 4.90 Å².